The molecule has 7 heteroatoms. The minimum atomic E-state index is 0.0966. The Bertz CT molecular complexity index is 1340. The average molecular weight is 425 g/mol. The van der Waals surface area contributed by atoms with E-state index in [2.05, 4.69) is 16.0 Å². The first-order valence-electron chi connectivity index (χ1n) is 10.9. The van der Waals surface area contributed by atoms with Gasteiger partial charge in [-0.2, -0.15) is 0 Å². The van der Waals surface area contributed by atoms with Crippen LogP contribution in [0.2, 0.25) is 0 Å². The Kier molecular flexibility index (Phi) is 4.41. The predicted molar refractivity (Wildman–Crippen MR) is 121 cm³/mol. The lowest BCUT2D eigenvalue weighted by atomic mass is 9.83. The molecule has 0 aromatic carbocycles. The molecular weight excluding hydrogens is 402 g/mol. The molecule has 4 aromatic heterocycles. The van der Waals surface area contributed by atoms with Gasteiger partial charge in [0.25, 0.3) is 5.56 Å². The lowest BCUT2D eigenvalue weighted by Crippen LogP contribution is -2.47. The standard InChI is InChI=1S/C25H23N5O2/c1-16-19(8-10-32-16)24-20(21-5-2-3-9-26-21)12-27-25(28-24)29-13-17-11-18(15-29)22-6-4-7-23(31)30(22)14-17/h2-10,12,17-18H,11,13-15H2,1H3. The molecule has 2 aliphatic heterocycles. The highest BCUT2D eigenvalue weighted by molar-refractivity contribution is 5.80. The second kappa shape index (κ2) is 7.44. The van der Waals surface area contributed by atoms with Crippen molar-refractivity contribution in [1.29, 1.82) is 0 Å². The Balaban J connectivity index is 1.41. The minimum absolute atomic E-state index is 0.0966. The molecule has 2 bridgehead atoms. The number of furan rings is 1. The van der Waals surface area contributed by atoms with Gasteiger partial charge in [-0.1, -0.05) is 12.1 Å². The molecule has 2 unspecified atom stereocenters. The molecular formula is C25H23N5O2. The number of aryl methyl sites for hydroxylation is 1. The summed E-state index contributed by atoms with van der Waals surface area (Å²) in [6.07, 6.45) is 6.43. The van der Waals surface area contributed by atoms with Crippen molar-refractivity contribution < 1.29 is 4.42 Å². The van der Waals surface area contributed by atoms with Gasteiger partial charge in [0.2, 0.25) is 5.95 Å². The molecule has 0 aliphatic carbocycles. The van der Waals surface area contributed by atoms with Gasteiger partial charge in [0.05, 0.1) is 17.7 Å². The van der Waals surface area contributed by atoms with E-state index in [4.69, 9.17) is 14.4 Å². The van der Waals surface area contributed by atoms with Crippen LogP contribution >= 0.6 is 0 Å². The number of pyridine rings is 2. The highest BCUT2D eigenvalue weighted by atomic mass is 16.3. The van der Waals surface area contributed by atoms with Crippen LogP contribution in [0.15, 0.2) is 70.3 Å². The maximum Gasteiger partial charge on any atom is 0.250 e. The molecule has 0 saturated carbocycles. The van der Waals surface area contributed by atoms with E-state index in [0.29, 0.717) is 17.8 Å². The maximum atomic E-state index is 12.3. The van der Waals surface area contributed by atoms with Crippen LogP contribution in [-0.2, 0) is 6.54 Å². The minimum Gasteiger partial charge on any atom is -0.469 e. The zero-order valence-electron chi connectivity index (χ0n) is 17.8. The van der Waals surface area contributed by atoms with Crippen LogP contribution < -0.4 is 10.5 Å². The van der Waals surface area contributed by atoms with E-state index in [9.17, 15) is 4.79 Å². The van der Waals surface area contributed by atoms with Crippen LogP contribution in [0.25, 0.3) is 22.5 Å². The van der Waals surface area contributed by atoms with Gasteiger partial charge in [-0.05, 0) is 43.5 Å². The van der Waals surface area contributed by atoms with Gasteiger partial charge in [-0.15, -0.1) is 0 Å². The second-order valence-corrected chi connectivity index (χ2v) is 8.64. The third-order valence-electron chi connectivity index (χ3n) is 6.59. The van der Waals surface area contributed by atoms with E-state index in [1.165, 1.54) is 0 Å². The number of hydrogen-bond acceptors (Lipinski definition) is 6. The molecule has 160 valence electrons. The number of nitrogens with zero attached hydrogens (tertiary/aromatic N) is 5. The fraction of sp³-hybridized carbons (Fsp3) is 0.280. The van der Waals surface area contributed by atoms with Crippen molar-refractivity contribution in [1.82, 2.24) is 19.5 Å². The Morgan fingerprint density at radius 1 is 1.00 bits per heavy atom. The highest BCUT2D eigenvalue weighted by Gasteiger charge is 2.35. The van der Waals surface area contributed by atoms with Crippen LogP contribution in [0.3, 0.4) is 0 Å². The number of aromatic nitrogens is 4. The smallest absolute Gasteiger partial charge is 0.250 e. The van der Waals surface area contributed by atoms with E-state index in [-0.39, 0.29) is 5.56 Å². The lowest BCUT2D eigenvalue weighted by molar-refractivity contribution is 0.279. The monoisotopic (exact) mass is 425 g/mol. The molecule has 0 radical (unpaired) electrons. The Hall–Kier alpha value is -3.74. The van der Waals surface area contributed by atoms with Crippen LogP contribution in [0, 0.1) is 12.8 Å². The maximum absolute atomic E-state index is 12.3. The molecule has 7 nitrogen and oxygen atoms in total. The molecule has 0 spiro atoms. The van der Waals surface area contributed by atoms with Crippen molar-refractivity contribution in [3.63, 3.8) is 0 Å². The molecule has 4 aromatic rings. The Labute approximate surface area is 185 Å². The SMILES string of the molecule is Cc1occc1-c1nc(N2CC3CC(C2)c2cccc(=O)n2C3)ncc1-c1ccccn1. The predicted octanol–water partition coefficient (Wildman–Crippen LogP) is 3.89. The molecule has 32 heavy (non-hydrogen) atoms. The first-order chi connectivity index (χ1) is 15.7. The van der Waals surface area contributed by atoms with E-state index >= 15 is 0 Å². The van der Waals surface area contributed by atoms with E-state index in [0.717, 1.165) is 60.0 Å². The first-order valence-corrected chi connectivity index (χ1v) is 10.9. The number of rotatable bonds is 3. The van der Waals surface area contributed by atoms with Gasteiger partial charge in [-0.25, -0.2) is 9.97 Å². The summed E-state index contributed by atoms with van der Waals surface area (Å²) in [7, 11) is 0. The van der Waals surface area contributed by atoms with E-state index in [1.54, 1.807) is 18.5 Å². The van der Waals surface area contributed by atoms with Crippen LogP contribution in [-0.4, -0.2) is 32.6 Å². The normalized spacial score (nSPS) is 19.6. The largest absolute Gasteiger partial charge is 0.469 e. The van der Waals surface area contributed by atoms with Gasteiger partial charge in [0.1, 0.15) is 5.76 Å². The molecule has 0 amide bonds. The summed E-state index contributed by atoms with van der Waals surface area (Å²) in [5, 5.41) is 0. The van der Waals surface area contributed by atoms with Crippen molar-refractivity contribution in [2.45, 2.75) is 25.8 Å². The van der Waals surface area contributed by atoms with E-state index in [1.807, 2.05) is 48.0 Å². The van der Waals surface area contributed by atoms with Crippen LogP contribution in [0.4, 0.5) is 5.95 Å². The van der Waals surface area contributed by atoms with Crippen molar-refractivity contribution in [2.75, 3.05) is 18.0 Å². The van der Waals surface area contributed by atoms with Crippen LogP contribution in [0.1, 0.15) is 23.8 Å². The number of fused-ring (bicyclic) bond motifs is 4. The van der Waals surface area contributed by atoms with Gasteiger partial charge in [0, 0.05) is 60.8 Å². The zero-order chi connectivity index (χ0) is 21.7. The third-order valence-corrected chi connectivity index (χ3v) is 6.59. The number of hydrogen-bond donors (Lipinski definition) is 0. The Morgan fingerprint density at radius 2 is 1.94 bits per heavy atom. The Morgan fingerprint density at radius 3 is 2.75 bits per heavy atom. The number of anilines is 1. The second-order valence-electron chi connectivity index (χ2n) is 8.64. The first kappa shape index (κ1) is 19.0. The quantitative estimate of drug-likeness (QED) is 0.496. The molecule has 2 aliphatic rings. The van der Waals surface area contributed by atoms with Crippen LogP contribution in [0.5, 0.6) is 0 Å². The fourth-order valence-corrected chi connectivity index (χ4v) is 5.13. The molecule has 1 fully saturated rings. The third kappa shape index (κ3) is 3.12. The summed E-state index contributed by atoms with van der Waals surface area (Å²) in [6, 6.07) is 13.4. The number of piperidine rings is 1. The molecule has 6 heterocycles. The summed E-state index contributed by atoms with van der Waals surface area (Å²) < 4.78 is 7.53. The summed E-state index contributed by atoms with van der Waals surface area (Å²) >= 11 is 0. The van der Waals surface area contributed by atoms with E-state index < -0.39 is 0 Å². The molecule has 0 N–H and O–H groups in total. The average Bonchev–Trinajstić information content (AvgIpc) is 3.25. The van der Waals surface area contributed by atoms with Gasteiger partial charge in [-0.3, -0.25) is 9.78 Å². The summed E-state index contributed by atoms with van der Waals surface area (Å²) in [6.45, 7) is 4.33. The van der Waals surface area contributed by atoms with Gasteiger partial charge < -0.3 is 13.9 Å². The van der Waals surface area contributed by atoms with Crippen molar-refractivity contribution in [3.8, 4) is 22.5 Å². The summed E-state index contributed by atoms with van der Waals surface area (Å²) in [5.41, 5.74) is 4.70. The van der Waals surface area contributed by atoms with Crippen molar-refractivity contribution in [3.05, 3.63) is 82.9 Å². The van der Waals surface area contributed by atoms with Crippen molar-refractivity contribution >= 4 is 5.95 Å². The lowest BCUT2D eigenvalue weighted by Gasteiger charge is -2.42. The topological polar surface area (TPSA) is 77.0 Å². The fourth-order valence-electron chi connectivity index (χ4n) is 5.13. The van der Waals surface area contributed by atoms with Gasteiger partial charge >= 0.3 is 0 Å². The molecule has 6 rings (SSSR count). The zero-order valence-corrected chi connectivity index (χ0v) is 17.8. The molecule has 1 saturated heterocycles. The molecule has 2 atom stereocenters. The summed E-state index contributed by atoms with van der Waals surface area (Å²) in [5.74, 6) is 2.23. The van der Waals surface area contributed by atoms with Crippen molar-refractivity contribution in [2.24, 2.45) is 5.92 Å². The summed E-state index contributed by atoms with van der Waals surface area (Å²) in [4.78, 5) is 28.9. The highest BCUT2D eigenvalue weighted by Crippen LogP contribution is 2.38. The van der Waals surface area contributed by atoms with Gasteiger partial charge in [0.15, 0.2) is 0 Å².